The van der Waals surface area contributed by atoms with Gasteiger partial charge in [-0.25, -0.2) is 0 Å². The van der Waals surface area contributed by atoms with Crippen molar-refractivity contribution in [2.75, 3.05) is 26.7 Å². The molecule has 0 amide bonds. The van der Waals surface area contributed by atoms with Gasteiger partial charge >= 0.3 is 5.97 Å². The van der Waals surface area contributed by atoms with Gasteiger partial charge in [-0.2, -0.15) is 0 Å². The van der Waals surface area contributed by atoms with Gasteiger partial charge in [-0.3, -0.25) is 4.79 Å². The van der Waals surface area contributed by atoms with Crippen molar-refractivity contribution in [2.45, 2.75) is 64.0 Å². The van der Waals surface area contributed by atoms with Gasteiger partial charge in [0, 0.05) is 12.6 Å². The van der Waals surface area contributed by atoms with E-state index in [4.69, 9.17) is 4.74 Å². The average molecular weight is 282 g/mol. The molecular formula is C16H30N2O2. The Morgan fingerprint density at radius 3 is 2.75 bits per heavy atom. The summed E-state index contributed by atoms with van der Waals surface area (Å²) in [7, 11) is 1.49. The van der Waals surface area contributed by atoms with Crippen LogP contribution in [0.25, 0.3) is 0 Å². The fourth-order valence-electron chi connectivity index (χ4n) is 3.11. The first kappa shape index (κ1) is 15.8. The van der Waals surface area contributed by atoms with Crippen LogP contribution in [-0.4, -0.2) is 49.7 Å². The third-order valence-electron chi connectivity index (χ3n) is 4.75. The standard InChI is InChI=1S/C16H30N2O2/c1-3-13-5-4-10-18(11-8-13)12-9-15(16(19)20-2)17-14-6-7-14/h13-15,17H,3-12H2,1-2H3. The molecule has 2 unspecified atom stereocenters. The molecule has 0 aromatic carbocycles. The van der Waals surface area contributed by atoms with Crippen molar-refractivity contribution >= 4 is 5.97 Å². The van der Waals surface area contributed by atoms with E-state index in [1.54, 1.807) is 0 Å². The molecule has 1 N–H and O–H groups in total. The van der Waals surface area contributed by atoms with Gasteiger partial charge in [0.1, 0.15) is 6.04 Å². The average Bonchev–Trinajstić information content (AvgIpc) is 3.29. The lowest BCUT2D eigenvalue weighted by Crippen LogP contribution is -2.42. The Bertz CT molecular complexity index is 305. The van der Waals surface area contributed by atoms with Crippen LogP contribution in [0.4, 0.5) is 0 Å². The highest BCUT2D eigenvalue weighted by Crippen LogP contribution is 2.22. The van der Waals surface area contributed by atoms with Crippen LogP contribution >= 0.6 is 0 Å². The summed E-state index contributed by atoms with van der Waals surface area (Å²) in [6.45, 7) is 5.69. The summed E-state index contributed by atoms with van der Waals surface area (Å²) in [5.41, 5.74) is 0. The summed E-state index contributed by atoms with van der Waals surface area (Å²) < 4.78 is 4.92. The Morgan fingerprint density at radius 1 is 1.30 bits per heavy atom. The summed E-state index contributed by atoms with van der Waals surface area (Å²) >= 11 is 0. The molecule has 2 fully saturated rings. The zero-order valence-corrected chi connectivity index (χ0v) is 13.1. The zero-order chi connectivity index (χ0) is 14.4. The van der Waals surface area contributed by atoms with E-state index in [0.717, 1.165) is 18.9 Å². The van der Waals surface area contributed by atoms with Gasteiger partial charge in [-0.1, -0.05) is 13.3 Å². The molecule has 0 radical (unpaired) electrons. The van der Waals surface area contributed by atoms with Crippen molar-refractivity contribution in [3.05, 3.63) is 0 Å². The molecule has 0 aromatic heterocycles. The highest BCUT2D eigenvalue weighted by molar-refractivity contribution is 5.75. The van der Waals surface area contributed by atoms with Gasteiger partial charge in [0.25, 0.3) is 0 Å². The molecule has 0 spiro atoms. The number of likely N-dealkylation sites (tertiary alicyclic amines) is 1. The number of nitrogens with one attached hydrogen (secondary N) is 1. The molecule has 1 heterocycles. The molecule has 1 aliphatic heterocycles. The molecule has 4 nitrogen and oxygen atoms in total. The number of carbonyl (C=O) groups is 1. The van der Waals surface area contributed by atoms with Crippen molar-refractivity contribution in [1.29, 1.82) is 0 Å². The Balaban J connectivity index is 1.74. The van der Waals surface area contributed by atoms with Gasteiger partial charge in [-0.15, -0.1) is 0 Å². The lowest BCUT2D eigenvalue weighted by Gasteiger charge is -2.23. The predicted octanol–water partition coefficient (Wildman–Crippen LogP) is 2.18. The first-order chi connectivity index (χ1) is 9.72. The first-order valence-electron chi connectivity index (χ1n) is 8.29. The maximum Gasteiger partial charge on any atom is 0.322 e. The summed E-state index contributed by atoms with van der Waals surface area (Å²) in [6.07, 6.45) is 8.58. The molecule has 2 rings (SSSR count). The summed E-state index contributed by atoms with van der Waals surface area (Å²) in [6, 6.07) is 0.436. The molecule has 116 valence electrons. The first-order valence-corrected chi connectivity index (χ1v) is 8.29. The van der Waals surface area contributed by atoms with E-state index in [1.807, 2.05) is 0 Å². The molecule has 2 aliphatic rings. The molecule has 0 bridgehead atoms. The van der Waals surface area contributed by atoms with Gasteiger partial charge in [0.05, 0.1) is 7.11 Å². The highest BCUT2D eigenvalue weighted by atomic mass is 16.5. The monoisotopic (exact) mass is 282 g/mol. The van der Waals surface area contributed by atoms with E-state index in [1.165, 1.54) is 58.7 Å². The predicted molar refractivity (Wildman–Crippen MR) is 80.7 cm³/mol. The van der Waals surface area contributed by atoms with E-state index < -0.39 is 0 Å². The Hall–Kier alpha value is -0.610. The van der Waals surface area contributed by atoms with Gasteiger partial charge in [0.2, 0.25) is 0 Å². The number of rotatable bonds is 7. The molecule has 1 saturated carbocycles. The van der Waals surface area contributed by atoms with E-state index in [-0.39, 0.29) is 12.0 Å². The lowest BCUT2D eigenvalue weighted by atomic mass is 9.98. The van der Waals surface area contributed by atoms with E-state index >= 15 is 0 Å². The quantitative estimate of drug-likeness (QED) is 0.727. The number of esters is 1. The minimum atomic E-state index is -0.113. The summed E-state index contributed by atoms with van der Waals surface area (Å²) in [5.74, 6) is 0.805. The number of nitrogens with zero attached hydrogens (tertiary/aromatic N) is 1. The smallest absolute Gasteiger partial charge is 0.322 e. The lowest BCUT2D eigenvalue weighted by molar-refractivity contribution is -0.143. The van der Waals surface area contributed by atoms with Crippen molar-refractivity contribution in [2.24, 2.45) is 5.92 Å². The van der Waals surface area contributed by atoms with Crippen molar-refractivity contribution < 1.29 is 9.53 Å². The summed E-state index contributed by atoms with van der Waals surface area (Å²) in [5, 5.41) is 3.42. The normalized spacial score (nSPS) is 26.0. The van der Waals surface area contributed by atoms with Crippen LogP contribution in [0.2, 0.25) is 0 Å². The molecule has 1 aliphatic carbocycles. The zero-order valence-electron chi connectivity index (χ0n) is 13.1. The Morgan fingerprint density at radius 2 is 2.10 bits per heavy atom. The maximum atomic E-state index is 11.8. The van der Waals surface area contributed by atoms with Crippen LogP contribution < -0.4 is 5.32 Å². The Labute approximate surface area is 123 Å². The third kappa shape index (κ3) is 5.06. The molecule has 4 heteroatoms. The second-order valence-corrected chi connectivity index (χ2v) is 6.35. The summed E-state index contributed by atoms with van der Waals surface area (Å²) in [4.78, 5) is 14.3. The SMILES string of the molecule is CCC1CCCN(CCC(NC2CC2)C(=O)OC)CC1. The third-order valence-corrected chi connectivity index (χ3v) is 4.75. The molecular weight excluding hydrogens is 252 g/mol. The molecule has 0 aromatic rings. The van der Waals surface area contributed by atoms with Gasteiger partial charge in [0.15, 0.2) is 0 Å². The van der Waals surface area contributed by atoms with Crippen LogP contribution in [-0.2, 0) is 9.53 Å². The van der Waals surface area contributed by atoms with Crippen LogP contribution in [0.15, 0.2) is 0 Å². The molecule has 20 heavy (non-hydrogen) atoms. The Kier molecular flexibility index (Phi) is 6.30. The van der Waals surface area contributed by atoms with Gasteiger partial charge < -0.3 is 15.0 Å². The number of ether oxygens (including phenoxy) is 1. The van der Waals surface area contributed by atoms with Crippen LogP contribution in [0, 0.1) is 5.92 Å². The van der Waals surface area contributed by atoms with Crippen LogP contribution in [0.3, 0.4) is 0 Å². The van der Waals surface area contributed by atoms with Crippen LogP contribution in [0.1, 0.15) is 51.9 Å². The van der Waals surface area contributed by atoms with E-state index in [9.17, 15) is 4.79 Å². The topological polar surface area (TPSA) is 41.6 Å². The van der Waals surface area contributed by atoms with Crippen LogP contribution in [0.5, 0.6) is 0 Å². The highest BCUT2D eigenvalue weighted by Gasteiger charge is 2.29. The van der Waals surface area contributed by atoms with Crippen molar-refractivity contribution in [1.82, 2.24) is 10.2 Å². The van der Waals surface area contributed by atoms with E-state index in [0.29, 0.717) is 6.04 Å². The van der Waals surface area contributed by atoms with Gasteiger partial charge in [-0.05, 0) is 57.5 Å². The minimum absolute atomic E-state index is 0.0989. The fraction of sp³-hybridized carbons (Fsp3) is 0.938. The number of hydrogen-bond acceptors (Lipinski definition) is 4. The molecule has 2 atom stereocenters. The number of methoxy groups -OCH3 is 1. The van der Waals surface area contributed by atoms with E-state index in [2.05, 4.69) is 17.1 Å². The number of carbonyl (C=O) groups excluding carboxylic acids is 1. The maximum absolute atomic E-state index is 11.8. The fourth-order valence-corrected chi connectivity index (χ4v) is 3.11. The second kappa shape index (κ2) is 7.99. The second-order valence-electron chi connectivity index (χ2n) is 6.35. The largest absolute Gasteiger partial charge is 0.468 e. The van der Waals surface area contributed by atoms with Crippen molar-refractivity contribution in [3.8, 4) is 0 Å². The minimum Gasteiger partial charge on any atom is -0.468 e. The molecule has 1 saturated heterocycles. The van der Waals surface area contributed by atoms with Crippen molar-refractivity contribution in [3.63, 3.8) is 0 Å². The number of hydrogen-bond donors (Lipinski definition) is 1.